The van der Waals surface area contributed by atoms with E-state index in [0.717, 1.165) is 24.3 Å². The van der Waals surface area contributed by atoms with Crippen LogP contribution < -0.4 is 20.1 Å². The first-order valence-corrected chi connectivity index (χ1v) is 15.4. The van der Waals surface area contributed by atoms with Gasteiger partial charge in [0.25, 0.3) is 21.7 Å². The summed E-state index contributed by atoms with van der Waals surface area (Å²) in [6.07, 6.45) is 0.476. The second-order valence-electron chi connectivity index (χ2n) is 11.4. The Morgan fingerprint density at radius 1 is 1.02 bits per heavy atom. The molecule has 4 rings (SSSR count). The number of carbonyl (C=O) groups excluding carboxylic acids is 2. The third-order valence-electron chi connectivity index (χ3n) is 8.32. The van der Waals surface area contributed by atoms with E-state index in [2.05, 4.69) is 10.6 Å². The summed E-state index contributed by atoms with van der Waals surface area (Å²) >= 11 is 0. The Kier molecular flexibility index (Phi) is 9.39. The van der Waals surface area contributed by atoms with E-state index >= 15 is 4.39 Å². The lowest BCUT2D eigenvalue weighted by molar-refractivity contribution is -0.150. The number of carbonyl (C=O) groups is 3. The van der Waals surface area contributed by atoms with Gasteiger partial charge in [0.1, 0.15) is 5.75 Å². The van der Waals surface area contributed by atoms with E-state index in [1.54, 1.807) is 6.92 Å². The number of hydrogen-bond donors (Lipinski definition) is 3. The number of alkyl halides is 4. The fraction of sp³-hybridized carbons (Fsp3) is 0.483. The van der Waals surface area contributed by atoms with Gasteiger partial charge in [-0.15, -0.1) is 0 Å². The number of carboxylic acids is 1. The molecule has 0 radical (unpaired) electrons. The SMILES string of the molecule is COc1cc(F)c(OC2CCC(C)(C(=O)O)CC2)cc1C(=O)N[C@@H]1CCC[C@]1(F)C(=O)Nc1cccc(S(=O)(=O)C(F)(F)F)c1. The van der Waals surface area contributed by atoms with Gasteiger partial charge >= 0.3 is 11.5 Å². The van der Waals surface area contributed by atoms with Crippen LogP contribution in [-0.4, -0.2) is 61.7 Å². The molecule has 2 aromatic rings. The highest BCUT2D eigenvalue weighted by atomic mass is 32.2. The van der Waals surface area contributed by atoms with E-state index in [0.29, 0.717) is 37.8 Å². The molecule has 0 spiro atoms. The van der Waals surface area contributed by atoms with E-state index in [9.17, 15) is 45.5 Å². The second-order valence-corrected chi connectivity index (χ2v) is 13.3. The minimum atomic E-state index is -5.73. The van der Waals surface area contributed by atoms with Gasteiger partial charge in [0.15, 0.2) is 11.6 Å². The van der Waals surface area contributed by atoms with Crippen molar-refractivity contribution in [2.75, 3.05) is 12.4 Å². The molecule has 2 fully saturated rings. The number of aliphatic carboxylic acids is 1. The maximum absolute atomic E-state index is 16.1. The number of carboxylic acid groups (broad SMARTS) is 1. The average molecular weight is 663 g/mol. The van der Waals surface area contributed by atoms with Crippen molar-refractivity contribution >= 4 is 33.3 Å². The lowest BCUT2D eigenvalue weighted by atomic mass is 9.75. The van der Waals surface area contributed by atoms with Crippen molar-refractivity contribution in [3.8, 4) is 11.5 Å². The number of benzene rings is 2. The molecule has 2 atom stereocenters. The van der Waals surface area contributed by atoms with Gasteiger partial charge in [-0.1, -0.05) is 6.07 Å². The number of anilines is 1. The number of sulfone groups is 1. The molecule has 0 unspecified atom stereocenters. The van der Waals surface area contributed by atoms with Crippen LogP contribution in [0.3, 0.4) is 0 Å². The first-order valence-electron chi connectivity index (χ1n) is 13.9. The van der Waals surface area contributed by atoms with Crippen molar-refractivity contribution in [2.45, 2.75) is 80.1 Å². The molecule has 16 heteroatoms. The third kappa shape index (κ3) is 6.84. The normalized spacial score (nSPS) is 25.3. The zero-order valence-corrected chi connectivity index (χ0v) is 25.0. The molecular formula is C29H31F5N2O8S. The summed E-state index contributed by atoms with van der Waals surface area (Å²) in [5, 5.41) is 13.9. The van der Waals surface area contributed by atoms with E-state index in [-0.39, 0.29) is 36.3 Å². The molecule has 2 amide bonds. The number of amides is 2. The highest BCUT2D eigenvalue weighted by Crippen LogP contribution is 2.40. The van der Waals surface area contributed by atoms with Crippen molar-refractivity contribution in [3.63, 3.8) is 0 Å². The van der Waals surface area contributed by atoms with Crippen LogP contribution in [-0.2, 0) is 19.4 Å². The molecule has 10 nitrogen and oxygen atoms in total. The van der Waals surface area contributed by atoms with E-state index < -0.39 is 72.8 Å². The molecule has 2 aliphatic rings. The molecule has 2 saturated carbocycles. The zero-order valence-electron chi connectivity index (χ0n) is 24.2. The lowest BCUT2D eigenvalue weighted by Gasteiger charge is -2.34. The largest absolute Gasteiger partial charge is 0.501 e. The lowest BCUT2D eigenvalue weighted by Crippen LogP contribution is -2.53. The summed E-state index contributed by atoms with van der Waals surface area (Å²) in [6, 6.07) is 3.81. The van der Waals surface area contributed by atoms with Gasteiger partial charge in [-0.05, 0) is 76.1 Å². The van der Waals surface area contributed by atoms with Crippen LogP contribution in [0.1, 0.15) is 62.2 Å². The Morgan fingerprint density at radius 2 is 1.69 bits per heavy atom. The number of ether oxygens (including phenoxy) is 2. The number of methoxy groups -OCH3 is 1. The predicted octanol–water partition coefficient (Wildman–Crippen LogP) is 5.17. The molecule has 3 N–H and O–H groups in total. The summed E-state index contributed by atoms with van der Waals surface area (Å²) in [6.45, 7) is 1.62. The topological polar surface area (TPSA) is 148 Å². The summed E-state index contributed by atoms with van der Waals surface area (Å²) in [5.41, 5.74) is -9.91. The quantitative estimate of drug-likeness (QED) is 0.312. The van der Waals surface area contributed by atoms with Gasteiger partial charge in [-0.2, -0.15) is 13.2 Å². The van der Waals surface area contributed by atoms with Crippen molar-refractivity contribution in [2.24, 2.45) is 5.41 Å². The van der Waals surface area contributed by atoms with Gasteiger partial charge in [0.05, 0.1) is 35.1 Å². The van der Waals surface area contributed by atoms with Crippen LogP contribution in [0.2, 0.25) is 0 Å². The molecule has 2 aromatic carbocycles. The Bertz CT molecular complexity index is 1590. The Labute approximate surface area is 255 Å². The van der Waals surface area contributed by atoms with E-state index in [1.165, 1.54) is 7.11 Å². The first-order chi connectivity index (χ1) is 20.9. The first kappa shape index (κ1) is 33.9. The number of halogens is 5. The highest BCUT2D eigenvalue weighted by molar-refractivity contribution is 7.92. The summed E-state index contributed by atoms with van der Waals surface area (Å²) in [5.74, 6) is -4.57. The van der Waals surface area contributed by atoms with Crippen molar-refractivity contribution in [1.82, 2.24) is 5.32 Å². The van der Waals surface area contributed by atoms with Crippen LogP contribution in [0.5, 0.6) is 11.5 Å². The van der Waals surface area contributed by atoms with E-state index in [4.69, 9.17) is 9.47 Å². The molecule has 246 valence electrons. The van der Waals surface area contributed by atoms with Crippen LogP contribution in [0.25, 0.3) is 0 Å². The van der Waals surface area contributed by atoms with Crippen LogP contribution in [0, 0.1) is 11.2 Å². The molecule has 0 saturated heterocycles. The minimum absolute atomic E-state index is 0.00452. The summed E-state index contributed by atoms with van der Waals surface area (Å²) in [7, 11) is -4.56. The van der Waals surface area contributed by atoms with Crippen molar-refractivity contribution < 1.29 is 59.3 Å². The van der Waals surface area contributed by atoms with Gasteiger partial charge < -0.3 is 25.2 Å². The molecule has 0 bridgehead atoms. The Hall–Kier alpha value is -3.95. The standard InChI is InChI=1S/C29H31F5N2O8S/c1-27(26(39)40)11-8-17(9-12-27)44-22-14-19(21(43-2)15-20(22)30)24(37)36-23-7-4-10-28(23,31)25(38)35-16-5-3-6-18(13-16)45(41,42)29(32,33)34/h3,5-6,13-15,17,23H,4,7-12H2,1-2H3,(H,35,38)(H,36,37)(H,39,40)/t17?,23-,27?,28-/m1/s1. The summed E-state index contributed by atoms with van der Waals surface area (Å²) < 4.78 is 104. The molecule has 0 aromatic heterocycles. The van der Waals surface area contributed by atoms with E-state index in [1.807, 2.05) is 0 Å². The predicted molar refractivity (Wildman–Crippen MR) is 149 cm³/mol. The van der Waals surface area contributed by atoms with Gasteiger partial charge in [0.2, 0.25) is 5.67 Å². The fourth-order valence-electron chi connectivity index (χ4n) is 5.48. The minimum Gasteiger partial charge on any atom is -0.496 e. The smallest absolute Gasteiger partial charge is 0.496 e. The average Bonchev–Trinajstić information content (AvgIpc) is 3.35. The monoisotopic (exact) mass is 662 g/mol. The van der Waals surface area contributed by atoms with Crippen LogP contribution in [0.15, 0.2) is 41.3 Å². The maximum atomic E-state index is 16.1. The Morgan fingerprint density at radius 3 is 2.29 bits per heavy atom. The molecule has 0 aliphatic heterocycles. The fourth-order valence-corrected chi connectivity index (χ4v) is 6.29. The van der Waals surface area contributed by atoms with Crippen LogP contribution in [0.4, 0.5) is 27.6 Å². The van der Waals surface area contributed by atoms with Crippen molar-refractivity contribution in [1.29, 1.82) is 0 Å². The number of hydrogen-bond acceptors (Lipinski definition) is 7. The maximum Gasteiger partial charge on any atom is 0.501 e. The molecule has 2 aliphatic carbocycles. The molecule has 45 heavy (non-hydrogen) atoms. The summed E-state index contributed by atoms with van der Waals surface area (Å²) in [4.78, 5) is 36.7. The van der Waals surface area contributed by atoms with Crippen molar-refractivity contribution in [3.05, 3.63) is 47.8 Å². The highest BCUT2D eigenvalue weighted by Gasteiger charge is 2.51. The molecular weight excluding hydrogens is 631 g/mol. The second kappa shape index (κ2) is 12.4. The van der Waals surface area contributed by atoms with Gasteiger partial charge in [-0.25, -0.2) is 17.2 Å². The third-order valence-corrected chi connectivity index (χ3v) is 9.80. The number of nitrogens with one attached hydrogen (secondary N) is 2. The van der Waals surface area contributed by atoms with Crippen LogP contribution >= 0.6 is 0 Å². The Balaban J connectivity index is 1.50. The zero-order chi connectivity index (χ0) is 33.4. The number of rotatable bonds is 9. The van der Waals surface area contributed by atoms with Gasteiger partial charge in [-0.3, -0.25) is 14.4 Å². The van der Waals surface area contributed by atoms with Gasteiger partial charge in [0, 0.05) is 11.8 Å². The molecule has 0 heterocycles.